The number of urea groups is 1. The molecule has 2 aromatic rings. The van der Waals surface area contributed by atoms with Gasteiger partial charge in [-0.2, -0.15) is 0 Å². The predicted octanol–water partition coefficient (Wildman–Crippen LogP) is 3.69. The molecular weight excluding hydrogens is 412 g/mol. The molecule has 3 rings (SSSR count). The van der Waals surface area contributed by atoms with E-state index in [4.69, 9.17) is 14.2 Å². The number of imide groups is 2. The number of hydrogen-bond donors (Lipinski definition) is 2. The van der Waals surface area contributed by atoms with Crippen LogP contribution >= 0.6 is 0 Å². The maximum Gasteiger partial charge on any atom is 0.328 e. The van der Waals surface area contributed by atoms with Crippen molar-refractivity contribution in [2.75, 3.05) is 13.2 Å². The minimum atomic E-state index is -1.91. The third-order valence-corrected chi connectivity index (χ3v) is 5.06. The zero-order chi connectivity index (χ0) is 23.4. The molecule has 1 aliphatic heterocycles. The molecule has 2 aromatic carbocycles. The molecule has 1 fully saturated rings. The van der Waals surface area contributed by atoms with E-state index in [1.807, 2.05) is 24.3 Å². The first-order valence-corrected chi connectivity index (χ1v) is 10.5. The molecule has 1 heterocycles. The van der Waals surface area contributed by atoms with Crippen molar-refractivity contribution in [2.45, 2.75) is 45.1 Å². The number of rotatable bonds is 8. The molecule has 0 saturated carbocycles. The van der Waals surface area contributed by atoms with Gasteiger partial charge in [0.15, 0.2) is 0 Å². The summed E-state index contributed by atoms with van der Waals surface area (Å²) in [6.07, 6.45) is -0.0514. The lowest BCUT2D eigenvalue weighted by molar-refractivity contribution is -0.153. The van der Waals surface area contributed by atoms with E-state index in [0.717, 1.165) is 0 Å². The van der Waals surface area contributed by atoms with E-state index in [0.29, 0.717) is 18.1 Å². The molecule has 8 heteroatoms. The van der Waals surface area contributed by atoms with Gasteiger partial charge < -0.3 is 14.2 Å². The highest BCUT2D eigenvalue weighted by atomic mass is 16.5. The molecular formula is C24H28N2O6. The van der Waals surface area contributed by atoms with Gasteiger partial charge in [-0.05, 0) is 54.3 Å². The van der Waals surface area contributed by atoms with Crippen LogP contribution in [0.3, 0.4) is 0 Å². The normalized spacial score (nSPS) is 15.7. The quantitative estimate of drug-likeness (QED) is 0.479. The largest absolute Gasteiger partial charge is 0.467 e. The first-order chi connectivity index (χ1) is 15.1. The lowest BCUT2D eigenvalue weighted by Crippen LogP contribution is -2.69. The van der Waals surface area contributed by atoms with Crippen molar-refractivity contribution >= 4 is 17.8 Å². The number of carbonyl (C=O) groups excluding carboxylic acids is 3. The van der Waals surface area contributed by atoms with E-state index in [2.05, 4.69) is 31.4 Å². The van der Waals surface area contributed by atoms with Crippen LogP contribution in [0.2, 0.25) is 0 Å². The highest BCUT2D eigenvalue weighted by Gasteiger charge is 2.52. The Kier molecular flexibility index (Phi) is 6.84. The molecule has 4 amide bonds. The van der Waals surface area contributed by atoms with Gasteiger partial charge in [0.1, 0.15) is 17.2 Å². The summed E-state index contributed by atoms with van der Waals surface area (Å²) in [5.41, 5.74) is -0.653. The van der Waals surface area contributed by atoms with Gasteiger partial charge in [0.05, 0.1) is 6.61 Å². The molecule has 1 aliphatic rings. The number of ether oxygens (including phenoxy) is 3. The van der Waals surface area contributed by atoms with Gasteiger partial charge in [-0.1, -0.05) is 32.9 Å². The summed E-state index contributed by atoms with van der Waals surface area (Å²) in [6, 6.07) is 13.5. The van der Waals surface area contributed by atoms with Crippen LogP contribution in [0.5, 0.6) is 17.2 Å². The first kappa shape index (κ1) is 23.3. The van der Waals surface area contributed by atoms with Crippen LogP contribution < -0.4 is 20.1 Å². The molecule has 0 aliphatic carbocycles. The summed E-state index contributed by atoms with van der Waals surface area (Å²) in [6.45, 7) is 8.76. The molecule has 32 heavy (non-hydrogen) atoms. The second kappa shape index (κ2) is 9.40. The van der Waals surface area contributed by atoms with Gasteiger partial charge in [-0.15, -0.1) is 0 Å². The Morgan fingerprint density at radius 1 is 0.812 bits per heavy atom. The standard InChI is InChI=1S/C24H28N2O6/c1-5-30-15-14-24(20(27)25-22(29)26-21(24)28)32-19-12-10-18(11-13-19)31-17-8-6-16(7-9-17)23(2,3)4/h6-13H,5,14-15H2,1-4H3,(H2,25,26,27,28,29). The topological polar surface area (TPSA) is 103 Å². The minimum Gasteiger partial charge on any atom is -0.467 e. The molecule has 0 atom stereocenters. The Hall–Kier alpha value is -3.39. The fourth-order valence-corrected chi connectivity index (χ4v) is 3.21. The maximum atomic E-state index is 12.5. The van der Waals surface area contributed by atoms with Gasteiger partial charge in [0.25, 0.3) is 17.4 Å². The smallest absolute Gasteiger partial charge is 0.328 e. The van der Waals surface area contributed by atoms with Gasteiger partial charge in [-0.3, -0.25) is 20.2 Å². The van der Waals surface area contributed by atoms with Crippen molar-refractivity contribution in [1.29, 1.82) is 0 Å². The number of amides is 4. The van der Waals surface area contributed by atoms with Crippen LogP contribution in [0.4, 0.5) is 4.79 Å². The highest BCUT2D eigenvalue weighted by Crippen LogP contribution is 2.30. The van der Waals surface area contributed by atoms with Gasteiger partial charge in [0, 0.05) is 13.0 Å². The van der Waals surface area contributed by atoms with Gasteiger partial charge >= 0.3 is 6.03 Å². The van der Waals surface area contributed by atoms with Crippen molar-refractivity contribution in [3.63, 3.8) is 0 Å². The third-order valence-electron chi connectivity index (χ3n) is 5.06. The Morgan fingerprint density at radius 3 is 1.81 bits per heavy atom. The average Bonchev–Trinajstić information content (AvgIpc) is 2.73. The van der Waals surface area contributed by atoms with E-state index in [1.54, 1.807) is 31.2 Å². The zero-order valence-electron chi connectivity index (χ0n) is 18.7. The lowest BCUT2D eigenvalue weighted by atomic mass is 9.87. The first-order valence-electron chi connectivity index (χ1n) is 10.5. The number of carbonyl (C=O) groups is 3. The summed E-state index contributed by atoms with van der Waals surface area (Å²) >= 11 is 0. The summed E-state index contributed by atoms with van der Waals surface area (Å²) in [7, 11) is 0. The predicted molar refractivity (Wildman–Crippen MR) is 118 cm³/mol. The van der Waals surface area contributed by atoms with Crippen LogP contribution in [0.1, 0.15) is 39.7 Å². The SMILES string of the molecule is CCOCCC1(Oc2ccc(Oc3ccc(C(C)(C)C)cc3)cc2)C(=O)NC(=O)NC1=O. The van der Waals surface area contributed by atoms with Crippen molar-refractivity contribution in [1.82, 2.24) is 10.6 Å². The number of barbiturate groups is 1. The molecule has 1 saturated heterocycles. The molecule has 0 unspecified atom stereocenters. The highest BCUT2D eigenvalue weighted by molar-refractivity contribution is 6.21. The fraction of sp³-hybridized carbons (Fsp3) is 0.375. The Labute approximate surface area is 187 Å². The summed E-state index contributed by atoms with van der Waals surface area (Å²) in [5, 5.41) is 4.18. The van der Waals surface area contributed by atoms with Crippen molar-refractivity contribution in [3.05, 3.63) is 54.1 Å². The summed E-state index contributed by atoms with van der Waals surface area (Å²) in [5.74, 6) is -0.131. The van der Waals surface area contributed by atoms with Crippen LogP contribution in [0.25, 0.3) is 0 Å². The van der Waals surface area contributed by atoms with E-state index >= 15 is 0 Å². The molecule has 2 N–H and O–H groups in total. The van der Waals surface area contributed by atoms with Crippen molar-refractivity contribution in [3.8, 4) is 17.2 Å². The Balaban J connectivity index is 1.74. The van der Waals surface area contributed by atoms with Crippen LogP contribution in [0, 0.1) is 0 Å². The molecule has 8 nitrogen and oxygen atoms in total. The molecule has 0 bridgehead atoms. The van der Waals surface area contributed by atoms with E-state index in [9.17, 15) is 14.4 Å². The van der Waals surface area contributed by atoms with E-state index < -0.39 is 23.4 Å². The second-order valence-corrected chi connectivity index (χ2v) is 8.46. The lowest BCUT2D eigenvalue weighted by Gasteiger charge is -2.34. The number of hydrogen-bond acceptors (Lipinski definition) is 6. The number of benzene rings is 2. The fourth-order valence-electron chi connectivity index (χ4n) is 3.21. The van der Waals surface area contributed by atoms with Gasteiger partial charge in [-0.25, -0.2) is 4.79 Å². The van der Waals surface area contributed by atoms with Crippen LogP contribution in [-0.2, 0) is 19.7 Å². The maximum absolute atomic E-state index is 12.5. The second-order valence-electron chi connectivity index (χ2n) is 8.46. The monoisotopic (exact) mass is 440 g/mol. The third kappa shape index (κ3) is 5.26. The average molecular weight is 440 g/mol. The summed E-state index contributed by atoms with van der Waals surface area (Å²) in [4.78, 5) is 36.6. The van der Waals surface area contributed by atoms with Crippen LogP contribution in [-0.4, -0.2) is 36.7 Å². The molecule has 0 aromatic heterocycles. The van der Waals surface area contributed by atoms with Crippen molar-refractivity contribution in [2.24, 2.45) is 0 Å². The van der Waals surface area contributed by atoms with Gasteiger partial charge in [0.2, 0.25) is 0 Å². The molecule has 170 valence electrons. The minimum absolute atomic E-state index is 0.0514. The number of nitrogens with one attached hydrogen (secondary N) is 2. The van der Waals surface area contributed by atoms with Crippen LogP contribution in [0.15, 0.2) is 48.5 Å². The Morgan fingerprint density at radius 2 is 1.31 bits per heavy atom. The zero-order valence-corrected chi connectivity index (χ0v) is 18.7. The Bertz CT molecular complexity index is 957. The summed E-state index contributed by atoms with van der Waals surface area (Å²) < 4.78 is 17.0. The van der Waals surface area contributed by atoms with Crippen molar-refractivity contribution < 1.29 is 28.6 Å². The van der Waals surface area contributed by atoms with E-state index in [1.165, 1.54) is 5.56 Å². The molecule has 0 radical (unpaired) electrons. The van der Waals surface area contributed by atoms with E-state index in [-0.39, 0.29) is 24.2 Å². The molecule has 0 spiro atoms.